The van der Waals surface area contributed by atoms with E-state index >= 15 is 0 Å². The Bertz CT molecular complexity index is 738. The Labute approximate surface area is 204 Å². The zero-order chi connectivity index (χ0) is 23.8. The molecule has 1 saturated heterocycles. The molecule has 0 unspecified atom stereocenters. The molecule has 1 aliphatic heterocycles. The van der Waals surface area contributed by atoms with E-state index in [0.717, 1.165) is 50.1 Å². The molecule has 6 heteroatoms. The summed E-state index contributed by atoms with van der Waals surface area (Å²) in [6, 6.07) is 7.44. The predicted molar refractivity (Wildman–Crippen MR) is 134 cm³/mol. The standard InChI is InChI=1S/C27H43ClN2O3/c1-19(2)14-25(31)26(32)24(17-20-8-4-3-5-9-20)29-27(33)30-13-7-11-22(18-30)15-21-10-6-12-23(28)16-21/h6,10,12,16,19-20,22,24-26,31-32H,3-5,7-9,11,13-15,17-18H2,1-2H3,(H,29,33)/t22-,24-,25-,26+/m0/s1. The van der Waals surface area contributed by atoms with E-state index in [1.165, 1.54) is 24.8 Å². The topological polar surface area (TPSA) is 72.8 Å². The summed E-state index contributed by atoms with van der Waals surface area (Å²) < 4.78 is 0. The summed E-state index contributed by atoms with van der Waals surface area (Å²) in [6.07, 6.45) is 8.48. The van der Waals surface area contributed by atoms with Crippen molar-refractivity contribution in [3.05, 3.63) is 34.9 Å². The van der Waals surface area contributed by atoms with E-state index in [-0.39, 0.29) is 11.9 Å². The van der Waals surface area contributed by atoms with Gasteiger partial charge in [0.2, 0.25) is 0 Å². The van der Waals surface area contributed by atoms with Crippen LogP contribution in [0.5, 0.6) is 0 Å². The van der Waals surface area contributed by atoms with E-state index in [0.29, 0.717) is 24.8 Å². The number of carbonyl (C=O) groups is 1. The van der Waals surface area contributed by atoms with E-state index in [9.17, 15) is 15.0 Å². The monoisotopic (exact) mass is 478 g/mol. The summed E-state index contributed by atoms with van der Waals surface area (Å²) in [5.41, 5.74) is 1.21. The number of carbonyl (C=O) groups excluding carboxylic acids is 1. The van der Waals surface area contributed by atoms with E-state index in [1.54, 1.807) is 0 Å². The molecule has 186 valence electrons. The highest BCUT2D eigenvalue weighted by Crippen LogP contribution is 2.29. The lowest BCUT2D eigenvalue weighted by molar-refractivity contribution is -0.0184. The van der Waals surface area contributed by atoms with Crippen LogP contribution in [0.1, 0.15) is 77.2 Å². The first-order valence-corrected chi connectivity index (χ1v) is 13.4. The lowest BCUT2D eigenvalue weighted by atomic mass is 9.82. The molecule has 3 N–H and O–H groups in total. The van der Waals surface area contributed by atoms with Crippen molar-refractivity contribution >= 4 is 17.6 Å². The van der Waals surface area contributed by atoms with Gasteiger partial charge in [-0.2, -0.15) is 0 Å². The van der Waals surface area contributed by atoms with Crippen molar-refractivity contribution in [2.24, 2.45) is 17.8 Å². The molecule has 0 radical (unpaired) electrons. The molecule has 1 heterocycles. The Morgan fingerprint density at radius 3 is 2.55 bits per heavy atom. The van der Waals surface area contributed by atoms with E-state index in [1.807, 2.05) is 36.9 Å². The second kappa shape index (κ2) is 13.0. The molecule has 0 bridgehead atoms. The van der Waals surface area contributed by atoms with E-state index in [2.05, 4.69) is 11.4 Å². The normalized spacial score (nSPS) is 22.7. The number of nitrogens with one attached hydrogen (secondary N) is 1. The van der Waals surface area contributed by atoms with Crippen LogP contribution in [0.25, 0.3) is 0 Å². The number of urea groups is 1. The molecule has 5 nitrogen and oxygen atoms in total. The third kappa shape index (κ3) is 8.45. The first kappa shape index (κ1) is 26.3. The number of hydrogen-bond donors (Lipinski definition) is 3. The van der Waals surface area contributed by atoms with Crippen molar-refractivity contribution in [3.63, 3.8) is 0 Å². The molecular weight excluding hydrogens is 436 g/mol. The Balaban J connectivity index is 1.61. The number of likely N-dealkylation sites (tertiary alicyclic amines) is 1. The smallest absolute Gasteiger partial charge is 0.317 e. The van der Waals surface area contributed by atoms with Gasteiger partial charge >= 0.3 is 6.03 Å². The Kier molecular flexibility index (Phi) is 10.3. The van der Waals surface area contributed by atoms with Gasteiger partial charge in [-0.15, -0.1) is 0 Å². The average molecular weight is 479 g/mol. The largest absolute Gasteiger partial charge is 0.390 e. The zero-order valence-electron chi connectivity index (χ0n) is 20.4. The number of piperidine rings is 1. The van der Waals surface area contributed by atoms with Crippen LogP contribution in [0.15, 0.2) is 24.3 Å². The highest BCUT2D eigenvalue weighted by Gasteiger charge is 2.33. The maximum atomic E-state index is 13.3. The lowest BCUT2D eigenvalue weighted by Crippen LogP contribution is -2.55. The molecule has 33 heavy (non-hydrogen) atoms. The molecule has 1 saturated carbocycles. The maximum Gasteiger partial charge on any atom is 0.317 e. The minimum Gasteiger partial charge on any atom is -0.390 e. The van der Waals surface area contributed by atoms with Crippen LogP contribution < -0.4 is 5.32 Å². The second-order valence-electron chi connectivity index (χ2n) is 10.8. The van der Waals surface area contributed by atoms with Gasteiger partial charge < -0.3 is 20.4 Å². The van der Waals surface area contributed by atoms with Crippen molar-refractivity contribution in [2.75, 3.05) is 13.1 Å². The number of benzene rings is 1. The highest BCUT2D eigenvalue weighted by molar-refractivity contribution is 6.30. The molecule has 0 aromatic heterocycles. The van der Waals surface area contributed by atoms with Crippen LogP contribution >= 0.6 is 11.6 Å². The molecule has 2 amide bonds. The SMILES string of the molecule is CC(C)C[C@H](O)[C@H](O)[C@H](CC1CCCCC1)NC(=O)N1CCC[C@@H](Cc2cccc(Cl)c2)C1. The Morgan fingerprint density at radius 1 is 1.12 bits per heavy atom. The Hall–Kier alpha value is -1.30. The number of halogens is 1. The fraction of sp³-hybridized carbons (Fsp3) is 0.741. The van der Waals surface area contributed by atoms with E-state index in [4.69, 9.17) is 11.6 Å². The molecule has 1 aromatic carbocycles. The first-order valence-electron chi connectivity index (χ1n) is 13.0. The van der Waals surface area contributed by atoms with Gasteiger partial charge in [0.05, 0.1) is 12.1 Å². The summed E-state index contributed by atoms with van der Waals surface area (Å²) in [7, 11) is 0. The van der Waals surface area contributed by atoms with Crippen LogP contribution in [0.2, 0.25) is 5.02 Å². The van der Waals surface area contributed by atoms with Gasteiger partial charge in [0, 0.05) is 18.1 Å². The van der Waals surface area contributed by atoms with E-state index < -0.39 is 18.2 Å². The van der Waals surface area contributed by atoms with Crippen molar-refractivity contribution in [2.45, 2.75) is 96.3 Å². The van der Waals surface area contributed by atoms with Gasteiger partial charge in [-0.3, -0.25) is 0 Å². The molecule has 2 aliphatic rings. The third-order valence-electron chi connectivity index (χ3n) is 7.36. The van der Waals surface area contributed by atoms with Gasteiger partial charge in [0.15, 0.2) is 0 Å². The molecule has 0 spiro atoms. The second-order valence-corrected chi connectivity index (χ2v) is 11.2. The lowest BCUT2D eigenvalue weighted by Gasteiger charge is -2.37. The van der Waals surface area contributed by atoms with Gasteiger partial charge in [0.1, 0.15) is 6.10 Å². The van der Waals surface area contributed by atoms with Crippen molar-refractivity contribution < 1.29 is 15.0 Å². The highest BCUT2D eigenvalue weighted by atomic mass is 35.5. The molecular formula is C27H43ClN2O3. The van der Waals surface area contributed by atoms with Gasteiger partial charge in [-0.1, -0.05) is 69.7 Å². The summed E-state index contributed by atoms with van der Waals surface area (Å²) in [6.45, 7) is 5.52. The molecule has 3 rings (SSSR count). The zero-order valence-corrected chi connectivity index (χ0v) is 21.1. The number of amides is 2. The fourth-order valence-corrected chi connectivity index (χ4v) is 5.83. The van der Waals surface area contributed by atoms with Gasteiger partial charge in [-0.05, 0) is 67.6 Å². The van der Waals surface area contributed by atoms with Crippen molar-refractivity contribution in [3.8, 4) is 0 Å². The van der Waals surface area contributed by atoms with Gasteiger partial charge in [-0.25, -0.2) is 4.79 Å². The first-order chi connectivity index (χ1) is 15.8. The Morgan fingerprint density at radius 2 is 1.85 bits per heavy atom. The van der Waals surface area contributed by atoms with Crippen LogP contribution in [-0.4, -0.2) is 52.5 Å². The molecule has 4 atom stereocenters. The summed E-state index contributed by atoms with van der Waals surface area (Å²) >= 11 is 6.15. The van der Waals surface area contributed by atoms with Crippen LogP contribution in [0, 0.1) is 17.8 Å². The predicted octanol–water partition coefficient (Wildman–Crippen LogP) is 5.41. The summed E-state index contributed by atoms with van der Waals surface area (Å²) in [5, 5.41) is 25.5. The molecule has 1 aromatic rings. The average Bonchev–Trinajstić information content (AvgIpc) is 2.78. The number of aliphatic hydroxyl groups excluding tert-OH is 2. The number of nitrogens with zero attached hydrogens (tertiary/aromatic N) is 1. The third-order valence-corrected chi connectivity index (χ3v) is 7.59. The maximum absolute atomic E-state index is 13.3. The molecule has 2 fully saturated rings. The quantitative estimate of drug-likeness (QED) is 0.444. The van der Waals surface area contributed by atoms with Crippen molar-refractivity contribution in [1.82, 2.24) is 10.2 Å². The number of aliphatic hydroxyl groups is 2. The van der Waals surface area contributed by atoms with Crippen LogP contribution in [0.3, 0.4) is 0 Å². The van der Waals surface area contributed by atoms with Crippen molar-refractivity contribution in [1.29, 1.82) is 0 Å². The number of hydrogen-bond acceptors (Lipinski definition) is 3. The van der Waals surface area contributed by atoms with Crippen LogP contribution in [0.4, 0.5) is 4.79 Å². The summed E-state index contributed by atoms with van der Waals surface area (Å²) in [4.78, 5) is 15.1. The summed E-state index contributed by atoms with van der Waals surface area (Å²) in [5.74, 6) is 1.19. The van der Waals surface area contributed by atoms with Crippen LogP contribution in [-0.2, 0) is 6.42 Å². The van der Waals surface area contributed by atoms with Gasteiger partial charge in [0.25, 0.3) is 0 Å². The fourth-order valence-electron chi connectivity index (χ4n) is 5.62. The molecule has 1 aliphatic carbocycles. The number of rotatable bonds is 9. The minimum absolute atomic E-state index is 0.109. The minimum atomic E-state index is -0.940.